The molecule has 4 heterocycles. The minimum atomic E-state index is -1.50. The first-order chi connectivity index (χ1) is 22.6. The van der Waals surface area contributed by atoms with Gasteiger partial charge in [-0.25, -0.2) is 4.39 Å². The standard InChI is InChI=1S/C35H53FO12/c1-18-26(39)27-28(48-30(2,3)47-27)29(44-18)45-20-12-24-34(17-43-31(4,15-36)46-24)22-5-8-32(16-37)21(19-11-25(38)42-14-19)7-10-35(32,41)23(22)6-9-33(34,40)13-20/h18-24,26-29,37,39-41H,5-17H2,1-4H3/t18-,19+,20+,21+,22+,23-,24-,26-,27+,28+,29-,31?,32+,33+,34+,35+/m1/s1/i30+1,31+1. The summed E-state index contributed by atoms with van der Waals surface area (Å²) in [6.07, 6.45) is -0.869. The third-order valence-electron chi connectivity index (χ3n) is 14.3. The molecular formula is C35H53FO12. The predicted molar refractivity (Wildman–Crippen MR) is 163 cm³/mol. The molecule has 0 radical (unpaired) electrons. The molecule has 16 atom stereocenters. The van der Waals surface area contributed by atoms with Crippen molar-refractivity contribution in [3.8, 4) is 0 Å². The van der Waals surface area contributed by atoms with Crippen LogP contribution in [0.1, 0.15) is 85.5 Å². The summed E-state index contributed by atoms with van der Waals surface area (Å²) in [5.41, 5.74) is -4.29. The molecule has 12 nitrogen and oxygen atoms in total. The number of fused-ring (bicyclic) bond motifs is 4. The quantitative estimate of drug-likeness (QED) is 0.190. The number of hydrogen-bond acceptors (Lipinski definition) is 12. The van der Waals surface area contributed by atoms with Gasteiger partial charge in [-0.3, -0.25) is 4.79 Å². The zero-order valence-corrected chi connectivity index (χ0v) is 28.5. The molecule has 0 aromatic heterocycles. The Morgan fingerprint density at radius 2 is 1.71 bits per heavy atom. The van der Waals surface area contributed by atoms with Gasteiger partial charge in [-0.05, 0) is 84.0 Å². The zero-order valence-electron chi connectivity index (χ0n) is 28.5. The van der Waals surface area contributed by atoms with Crippen molar-refractivity contribution in [1.82, 2.24) is 0 Å². The van der Waals surface area contributed by atoms with E-state index in [4.69, 9.17) is 33.2 Å². The van der Waals surface area contributed by atoms with Gasteiger partial charge >= 0.3 is 5.97 Å². The summed E-state index contributed by atoms with van der Waals surface area (Å²) in [5, 5.41) is 47.5. The van der Waals surface area contributed by atoms with E-state index in [1.807, 2.05) is 0 Å². The summed E-state index contributed by atoms with van der Waals surface area (Å²) in [6, 6.07) is 0. The summed E-state index contributed by atoms with van der Waals surface area (Å²) in [6.45, 7) is 6.21. The fourth-order valence-corrected chi connectivity index (χ4v) is 12.2. The van der Waals surface area contributed by atoms with Crippen LogP contribution >= 0.6 is 0 Å². The maximum atomic E-state index is 14.5. The van der Waals surface area contributed by atoms with Crippen LogP contribution in [0.5, 0.6) is 0 Å². The van der Waals surface area contributed by atoms with Crippen LogP contribution in [0.2, 0.25) is 0 Å². The highest BCUT2D eigenvalue weighted by molar-refractivity contribution is 5.71. The number of esters is 1. The second-order valence-corrected chi connectivity index (χ2v) is 17.0. The minimum Gasteiger partial charge on any atom is -0.465 e. The Bertz CT molecular complexity index is 1290. The third kappa shape index (κ3) is 4.64. The average molecular weight is 687 g/mol. The molecule has 0 bridgehead atoms. The van der Waals surface area contributed by atoms with Crippen molar-refractivity contribution in [3.05, 3.63) is 0 Å². The first-order valence-electron chi connectivity index (χ1n) is 18.1. The van der Waals surface area contributed by atoms with Crippen molar-refractivity contribution in [2.24, 2.45) is 34.5 Å². The highest BCUT2D eigenvalue weighted by Crippen LogP contribution is 2.72. The predicted octanol–water partition coefficient (Wildman–Crippen LogP) is 2.11. The van der Waals surface area contributed by atoms with Crippen molar-refractivity contribution in [3.63, 3.8) is 0 Å². The number of ether oxygens (including phenoxy) is 7. The minimum absolute atomic E-state index is 0.0499. The molecule has 0 amide bonds. The first kappa shape index (κ1) is 34.1. The molecular weight excluding hydrogens is 633 g/mol. The van der Waals surface area contributed by atoms with Crippen molar-refractivity contribution in [1.29, 1.82) is 0 Å². The fourth-order valence-electron chi connectivity index (χ4n) is 12.2. The van der Waals surface area contributed by atoms with Crippen molar-refractivity contribution < 1.29 is 62.8 Å². The molecule has 48 heavy (non-hydrogen) atoms. The second kappa shape index (κ2) is 11.2. The highest BCUT2D eigenvalue weighted by atomic mass is 19.1. The lowest BCUT2D eigenvalue weighted by Gasteiger charge is -2.70. The monoisotopic (exact) mass is 686 g/mol. The van der Waals surface area contributed by atoms with Crippen molar-refractivity contribution in [2.75, 3.05) is 26.5 Å². The number of halogens is 1. The van der Waals surface area contributed by atoms with Crippen LogP contribution in [0.15, 0.2) is 0 Å². The topological polar surface area (TPSA) is 163 Å². The largest absolute Gasteiger partial charge is 0.465 e. The van der Waals surface area contributed by atoms with Gasteiger partial charge in [0, 0.05) is 24.2 Å². The van der Waals surface area contributed by atoms with Crippen LogP contribution in [0.4, 0.5) is 4.39 Å². The summed E-state index contributed by atoms with van der Waals surface area (Å²) in [7, 11) is 0. The normalized spacial score (nSPS) is 57.2. The van der Waals surface area contributed by atoms with E-state index in [0.717, 1.165) is 0 Å². The number of aliphatic hydroxyl groups is 4. The number of carbonyl (C=O) groups excluding carboxylic acids is 1. The van der Waals surface area contributed by atoms with Gasteiger partial charge in [-0.15, -0.1) is 0 Å². The van der Waals surface area contributed by atoms with Gasteiger partial charge in [0.15, 0.2) is 17.9 Å². The summed E-state index contributed by atoms with van der Waals surface area (Å²) in [5.74, 6) is -3.28. The van der Waals surface area contributed by atoms with Crippen molar-refractivity contribution in [2.45, 2.75) is 151 Å². The number of carbonyl (C=O) groups is 1. The molecule has 4 aliphatic carbocycles. The van der Waals surface area contributed by atoms with Gasteiger partial charge in [0.25, 0.3) is 0 Å². The van der Waals surface area contributed by atoms with Gasteiger partial charge in [0.1, 0.15) is 25.0 Å². The third-order valence-corrected chi connectivity index (χ3v) is 14.3. The Labute approximate surface area is 280 Å². The molecule has 1 spiro atoms. The van der Waals surface area contributed by atoms with Crippen LogP contribution in [0, 0.1) is 34.5 Å². The van der Waals surface area contributed by atoms with Gasteiger partial charge in [0.05, 0.1) is 61.2 Å². The number of alkyl halides is 1. The molecule has 0 aromatic carbocycles. The van der Waals surface area contributed by atoms with Crippen molar-refractivity contribution >= 4 is 5.97 Å². The van der Waals surface area contributed by atoms with Crippen LogP contribution < -0.4 is 0 Å². The summed E-state index contributed by atoms with van der Waals surface area (Å²) in [4.78, 5) is 12.1. The van der Waals surface area contributed by atoms with E-state index in [9.17, 15) is 29.6 Å². The molecule has 8 rings (SSSR count). The van der Waals surface area contributed by atoms with Gasteiger partial charge in [0.2, 0.25) is 0 Å². The van der Waals surface area contributed by atoms with Gasteiger partial charge in [-0.1, -0.05) is 0 Å². The Morgan fingerprint density at radius 1 is 0.979 bits per heavy atom. The molecule has 272 valence electrons. The molecule has 4 saturated carbocycles. The lowest BCUT2D eigenvalue weighted by Crippen LogP contribution is -2.77. The van der Waals surface area contributed by atoms with E-state index in [1.54, 1.807) is 27.7 Å². The maximum Gasteiger partial charge on any atom is 0.306 e. The number of cyclic esters (lactones) is 1. The van der Waals surface area contributed by atoms with E-state index in [0.29, 0.717) is 58.0 Å². The molecule has 8 fully saturated rings. The molecule has 4 aliphatic heterocycles. The number of hydrogen-bond donors (Lipinski definition) is 4. The van der Waals surface area contributed by atoms with Crippen LogP contribution in [0.3, 0.4) is 0 Å². The van der Waals surface area contributed by atoms with E-state index >= 15 is 0 Å². The number of aliphatic hydroxyl groups excluding tert-OH is 2. The summed E-state index contributed by atoms with van der Waals surface area (Å²) >= 11 is 0. The lowest BCUT2D eigenvalue weighted by molar-refractivity contribution is -0.407. The van der Waals surface area contributed by atoms with E-state index in [1.165, 1.54) is 0 Å². The fraction of sp³-hybridized carbons (Fsp3) is 0.971. The van der Waals surface area contributed by atoms with E-state index in [-0.39, 0.29) is 49.3 Å². The van der Waals surface area contributed by atoms with Crippen LogP contribution in [-0.2, 0) is 38.0 Å². The smallest absolute Gasteiger partial charge is 0.306 e. The molecule has 13 heteroatoms. The summed E-state index contributed by atoms with van der Waals surface area (Å²) < 4.78 is 57.4. The van der Waals surface area contributed by atoms with Gasteiger partial charge in [-0.2, -0.15) is 0 Å². The first-order valence-corrected chi connectivity index (χ1v) is 18.1. The lowest BCUT2D eigenvalue weighted by atomic mass is 9.40. The number of rotatable bonds is 5. The molecule has 4 saturated heterocycles. The SMILES string of the molecule is C[C@H]1O[C@H](O[C@H]2C[C@H]3O[13C](C)(CF)OC[C@]34[C@H]3CC[C@]5(CO)[C@H]([C@@H]6COC(=O)C6)CC[C@]5(O)[C@@H]3CC[C@]4(O)C2)[C@H]2O[13C](C)(C)O[C@H]2[C@@H]1O. The van der Waals surface area contributed by atoms with Crippen LogP contribution in [0.25, 0.3) is 0 Å². The molecule has 4 N–H and O–H groups in total. The molecule has 0 aromatic rings. The van der Waals surface area contributed by atoms with E-state index in [2.05, 4.69) is 0 Å². The Morgan fingerprint density at radius 3 is 2.42 bits per heavy atom. The zero-order chi connectivity index (χ0) is 34.1. The highest BCUT2D eigenvalue weighted by Gasteiger charge is 2.76. The second-order valence-electron chi connectivity index (χ2n) is 17.0. The van der Waals surface area contributed by atoms with Crippen LogP contribution in [-0.4, -0.2) is 119 Å². The van der Waals surface area contributed by atoms with E-state index < -0.39 is 83.2 Å². The Kier molecular flexibility index (Phi) is 7.99. The van der Waals surface area contributed by atoms with Gasteiger partial charge < -0.3 is 53.6 Å². The molecule has 8 aliphatic rings. The Hall–Kier alpha value is -1.00. The maximum absolute atomic E-state index is 14.5. The Balaban J connectivity index is 1.10. The molecule has 1 unspecified atom stereocenters. The average Bonchev–Trinajstić information content (AvgIpc) is 3.71.